The minimum atomic E-state index is -4.41. The zero-order valence-electron chi connectivity index (χ0n) is 14.4. The molecule has 0 spiro atoms. The molecule has 2 rings (SSSR count). The largest absolute Gasteiger partial charge is 0.455 e. The fourth-order valence-electron chi connectivity index (χ4n) is 2.72. The molecule has 0 aromatic heterocycles. The lowest BCUT2D eigenvalue weighted by Gasteiger charge is -2.13. The van der Waals surface area contributed by atoms with Crippen molar-refractivity contribution in [2.24, 2.45) is 0 Å². The van der Waals surface area contributed by atoms with Crippen LogP contribution in [0.1, 0.15) is 43.2 Å². The van der Waals surface area contributed by atoms with Gasteiger partial charge in [-0.15, -0.1) is 0 Å². The number of rotatable bonds is 7. The summed E-state index contributed by atoms with van der Waals surface area (Å²) in [5.41, 5.74) is 0.963. The van der Waals surface area contributed by atoms with Crippen LogP contribution in [0, 0.1) is 0 Å². The van der Waals surface area contributed by atoms with E-state index in [0.717, 1.165) is 31.4 Å². The van der Waals surface area contributed by atoms with Gasteiger partial charge in [0.15, 0.2) is 6.61 Å². The molecule has 1 aliphatic rings. The molecule has 1 N–H and O–H groups in total. The number of amides is 1. The molecule has 0 saturated heterocycles. The number of nitrogens with one attached hydrogen (secondary N) is 1. The van der Waals surface area contributed by atoms with Crippen molar-refractivity contribution in [2.45, 2.75) is 44.7 Å². The van der Waals surface area contributed by atoms with Crippen LogP contribution >= 0.6 is 0 Å². The molecule has 0 fully saturated rings. The van der Waals surface area contributed by atoms with Crippen LogP contribution in [0.5, 0.6) is 0 Å². The lowest BCUT2D eigenvalue weighted by Crippen LogP contribution is -2.30. The smallest absolute Gasteiger partial charge is 0.416 e. The van der Waals surface area contributed by atoms with E-state index >= 15 is 0 Å². The Bertz CT molecular complexity index is 651. The molecule has 0 bridgehead atoms. The van der Waals surface area contributed by atoms with Gasteiger partial charge >= 0.3 is 12.1 Å². The number of hydrogen-bond acceptors (Lipinski definition) is 3. The summed E-state index contributed by atoms with van der Waals surface area (Å²) >= 11 is 0. The van der Waals surface area contributed by atoms with E-state index in [0.29, 0.717) is 12.1 Å². The molecule has 1 aromatic carbocycles. The number of carbonyl (C=O) groups excluding carboxylic acids is 2. The monoisotopic (exact) mass is 369 g/mol. The molecule has 142 valence electrons. The summed E-state index contributed by atoms with van der Waals surface area (Å²) in [4.78, 5) is 23.4. The quantitative estimate of drug-likeness (QED) is 0.588. The highest BCUT2D eigenvalue weighted by Crippen LogP contribution is 2.29. The molecule has 7 heteroatoms. The SMILES string of the molecule is O=C(COC(=O)Cc1ccc(C(F)(F)F)cc1)NCCC1=CCCCC1. The van der Waals surface area contributed by atoms with Gasteiger partial charge in [-0.2, -0.15) is 13.2 Å². The third kappa shape index (κ3) is 6.90. The Kier molecular flexibility index (Phi) is 7.24. The van der Waals surface area contributed by atoms with Crippen molar-refractivity contribution < 1.29 is 27.5 Å². The molecule has 1 amide bonds. The highest BCUT2D eigenvalue weighted by Gasteiger charge is 2.30. The van der Waals surface area contributed by atoms with Gasteiger partial charge in [0.2, 0.25) is 0 Å². The van der Waals surface area contributed by atoms with Crippen LogP contribution in [0.3, 0.4) is 0 Å². The average Bonchev–Trinajstić information content (AvgIpc) is 2.60. The maximum absolute atomic E-state index is 12.5. The highest BCUT2D eigenvalue weighted by atomic mass is 19.4. The minimum Gasteiger partial charge on any atom is -0.455 e. The van der Waals surface area contributed by atoms with Crippen LogP contribution < -0.4 is 5.32 Å². The van der Waals surface area contributed by atoms with Crippen LogP contribution in [-0.2, 0) is 26.9 Å². The number of carbonyl (C=O) groups is 2. The van der Waals surface area contributed by atoms with Crippen molar-refractivity contribution in [2.75, 3.05) is 13.2 Å². The molecule has 0 unspecified atom stereocenters. The van der Waals surface area contributed by atoms with Gasteiger partial charge in [0, 0.05) is 6.54 Å². The van der Waals surface area contributed by atoms with Gasteiger partial charge in [-0.1, -0.05) is 23.8 Å². The van der Waals surface area contributed by atoms with E-state index in [1.54, 1.807) is 0 Å². The fraction of sp³-hybridized carbons (Fsp3) is 0.474. The zero-order valence-corrected chi connectivity index (χ0v) is 14.4. The molecule has 0 aliphatic heterocycles. The Morgan fingerprint density at radius 2 is 1.85 bits per heavy atom. The molecule has 0 atom stereocenters. The highest BCUT2D eigenvalue weighted by molar-refractivity contribution is 5.81. The van der Waals surface area contributed by atoms with Crippen LogP contribution in [-0.4, -0.2) is 25.0 Å². The summed E-state index contributed by atoms with van der Waals surface area (Å²) in [5, 5.41) is 2.69. The maximum Gasteiger partial charge on any atom is 0.416 e. The lowest BCUT2D eigenvalue weighted by molar-refractivity contribution is -0.147. The second kappa shape index (κ2) is 9.40. The Morgan fingerprint density at radius 1 is 1.12 bits per heavy atom. The predicted molar refractivity (Wildman–Crippen MR) is 90.3 cm³/mol. The van der Waals surface area contributed by atoms with Crippen molar-refractivity contribution in [3.8, 4) is 0 Å². The van der Waals surface area contributed by atoms with Gasteiger partial charge in [0.25, 0.3) is 5.91 Å². The first-order valence-corrected chi connectivity index (χ1v) is 8.61. The van der Waals surface area contributed by atoms with Gasteiger partial charge in [-0.05, 0) is 49.8 Å². The van der Waals surface area contributed by atoms with Crippen LogP contribution in [0.4, 0.5) is 13.2 Å². The van der Waals surface area contributed by atoms with E-state index in [4.69, 9.17) is 4.74 Å². The van der Waals surface area contributed by atoms with Gasteiger partial charge < -0.3 is 10.1 Å². The summed E-state index contributed by atoms with van der Waals surface area (Å²) in [7, 11) is 0. The molecule has 1 aromatic rings. The van der Waals surface area contributed by atoms with Crippen LogP contribution in [0.15, 0.2) is 35.9 Å². The topological polar surface area (TPSA) is 55.4 Å². The van der Waals surface area contributed by atoms with E-state index in [1.165, 1.54) is 30.5 Å². The molecule has 0 radical (unpaired) electrons. The Balaban J connectivity index is 1.66. The Hall–Kier alpha value is -2.31. The first kappa shape index (κ1) is 20.0. The normalized spacial score (nSPS) is 14.5. The Labute approximate surface area is 150 Å². The van der Waals surface area contributed by atoms with Gasteiger partial charge in [0.1, 0.15) is 0 Å². The lowest BCUT2D eigenvalue weighted by atomic mass is 9.97. The van der Waals surface area contributed by atoms with Crippen molar-refractivity contribution in [1.82, 2.24) is 5.32 Å². The molecular weight excluding hydrogens is 347 g/mol. The van der Waals surface area contributed by atoms with Crippen molar-refractivity contribution >= 4 is 11.9 Å². The number of benzene rings is 1. The van der Waals surface area contributed by atoms with Crippen LogP contribution in [0.2, 0.25) is 0 Å². The van der Waals surface area contributed by atoms with Gasteiger partial charge in [0.05, 0.1) is 12.0 Å². The summed E-state index contributed by atoms with van der Waals surface area (Å²) in [6.07, 6.45) is 2.96. The predicted octanol–water partition coefficient (Wildman–Crippen LogP) is 3.80. The maximum atomic E-state index is 12.5. The molecular formula is C19H22F3NO3. The molecule has 4 nitrogen and oxygen atoms in total. The van der Waals surface area contributed by atoms with Crippen molar-refractivity contribution in [1.29, 1.82) is 0 Å². The summed E-state index contributed by atoms with van der Waals surface area (Å²) < 4.78 is 42.3. The van der Waals surface area contributed by atoms with E-state index < -0.39 is 24.3 Å². The third-order valence-corrected chi connectivity index (χ3v) is 4.15. The first-order valence-electron chi connectivity index (χ1n) is 8.61. The number of allylic oxidation sites excluding steroid dienone is 1. The first-order chi connectivity index (χ1) is 12.3. The van der Waals surface area contributed by atoms with Crippen molar-refractivity contribution in [3.63, 3.8) is 0 Å². The van der Waals surface area contributed by atoms with E-state index in [9.17, 15) is 22.8 Å². The van der Waals surface area contributed by atoms with Crippen LogP contribution in [0.25, 0.3) is 0 Å². The molecule has 0 saturated carbocycles. The van der Waals surface area contributed by atoms with Gasteiger partial charge in [-0.3, -0.25) is 9.59 Å². The number of ether oxygens (including phenoxy) is 1. The molecule has 1 aliphatic carbocycles. The number of esters is 1. The van der Waals surface area contributed by atoms with E-state index in [1.807, 2.05) is 0 Å². The van der Waals surface area contributed by atoms with E-state index in [2.05, 4.69) is 11.4 Å². The zero-order chi connectivity index (χ0) is 19.0. The average molecular weight is 369 g/mol. The van der Waals surface area contributed by atoms with Gasteiger partial charge in [-0.25, -0.2) is 0 Å². The molecule has 0 heterocycles. The Morgan fingerprint density at radius 3 is 2.46 bits per heavy atom. The summed E-state index contributed by atoms with van der Waals surface area (Å²) in [5.74, 6) is -1.04. The van der Waals surface area contributed by atoms with Crippen molar-refractivity contribution in [3.05, 3.63) is 47.0 Å². The van der Waals surface area contributed by atoms with E-state index in [-0.39, 0.29) is 12.3 Å². The number of hydrogen-bond donors (Lipinski definition) is 1. The molecule has 26 heavy (non-hydrogen) atoms. The standard InChI is InChI=1S/C19H22F3NO3/c20-19(21,22)16-8-6-15(7-9-16)12-18(25)26-13-17(24)23-11-10-14-4-2-1-3-5-14/h4,6-9H,1-3,5,10-13H2,(H,23,24). The minimum absolute atomic E-state index is 0.182. The second-order valence-corrected chi connectivity index (χ2v) is 6.24. The summed E-state index contributed by atoms with van der Waals surface area (Å²) in [6.45, 7) is 0.111. The fourth-order valence-corrected chi connectivity index (χ4v) is 2.72. The second-order valence-electron chi connectivity index (χ2n) is 6.24. The number of alkyl halides is 3. The third-order valence-electron chi connectivity index (χ3n) is 4.15. The summed E-state index contributed by atoms with van der Waals surface area (Å²) in [6, 6.07) is 4.27. The number of halogens is 3.